The van der Waals surface area contributed by atoms with E-state index in [0.29, 0.717) is 5.56 Å². The van der Waals surface area contributed by atoms with Crippen LogP contribution in [0.2, 0.25) is 0 Å². The van der Waals surface area contributed by atoms with Crippen molar-refractivity contribution in [3.05, 3.63) is 96.1 Å². The average Bonchev–Trinajstić information content (AvgIpc) is 3.83. The Balaban J connectivity index is 1.17. The molecule has 3 aromatic carbocycles. The van der Waals surface area contributed by atoms with Gasteiger partial charge >= 0.3 is 24.1 Å². The molecule has 15 heteroatoms. The number of ether oxygens (including phenoxy) is 1. The van der Waals surface area contributed by atoms with Crippen molar-refractivity contribution in [2.24, 2.45) is 0 Å². The highest BCUT2D eigenvalue weighted by atomic mass is 32.1. The maximum absolute atomic E-state index is 13.1. The molecule has 6 aromatic rings. The third-order valence-electron chi connectivity index (χ3n) is 8.08. The van der Waals surface area contributed by atoms with Gasteiger partial charge in [0.05, 0.1) is 18.3 Å². The molecular formula is C35H25F9N2OS3. The summed E-state index contributed by atoms with van der Waals surface area (Å²) in [6.07, 6.45) is -18.8. The summed E-state index contributed by atoms with van der Waals surface area (Å²) >= 11 is 4.22. The Morgan fingerprint density at radius 3 is 1.32 bits per heavy atom. The van der Waals surface area contributed by atoms with Gasteiger partial charge in [-0.3, -0.25) is 0 Å². The topological polar surface area (TPSA) is 35.0 Å². The summed E-state index contributed by atoms with van der Waals surface area (Å²) in [5.74, 6) is 0. The van der Waals surface area contributed by atoms with Crippen molar-refractivity contribution in [1.29, 1.82) is 0 Å². The number of benzene rings is 3. The van der Waals surface area contributed by atoms with Crippen LogP contribution in [0.4, 0.5) is 39.5 Å². The van der Waals surface area contributed by atoms with Crippen molar-refractivity contribution in [2.75, 3.05) is 6.61 Å². The highest BCUT2D eigenvalue weighted by Crippen LogP contribution is 2.55. The number of nitrogens with zero attached hydrogens (tertiary/aromatic N) is 2. The lowest BCUT2D eigenvalue weighted by Gasteiger charge is -2.38. The van der Waals surface area contributed by atoms with Crippen LogP contribution in [0.3, 0.4) is 0 Å². The molecule has 0 saturated heterocycles. The van der Waals surface area contributed by atoms with Gasteiger partial charge in [0, 0.05) is 30.6 Å². The van der Waals surface area contributed by atoms with Gasteiger partial charge in [0.25, 0.3) is 0 Å². The van der Waals surface area contributed by atoms with Gasteiger partial charge in [-0.15, -0.1) is 22.7 Å². The SMILES string of the molecule is CCCc1ccc(-c2ccc(-c3ccc(-c4ccc(-c5ccc(CCOC(C(F)(F)F)(C(F)(F)F)C(F)(F)F)cc5)s4)c4nsnc34)s2)cc1. The van der Waals surface area contributed by atoms with Gasteiger partial charge in [-0.05, 0) is 59.4 Å². The Labute approximate surface area is 292 Å². The fraction of sp³-hybridized carbons (Fsp3) is 0.257. The fourth-order valence-electron chi connectivity index (χ4n) is 5.55. The minimum absolute atomic E-state index is 0.196. The molecule has 0 amide bonds. The number of fused-ring (bicyclic) bond motifs is 1. The van der Waals surface area contributed by atoms with Crippen LogP contribution in [0.25, 0.3) is 52.8 Å². The molecule has 3 aromatic heterocycles. The highest BCUT2D eigenvalue weighted by Gasteiger charge is 2.85. The van der Waals surface area contributed by atoms with Gasteiger partial charge in [-0.1, -0.05) is 74.0 Å². The first-order valence-electron chi connectivity index (χ1n) is 15.1. The molecule has 0 saturated carbocycles. The van der Waals surface area contributed by atoms with Crippen molar-refractivity contribution in [3.8, 4) is 41.8 Å². The molecule has 0 bridgehead atoms. The number of hydrogen-bond acceptors (Lipinski definition) is 6. The number of aromatic nitrogens is 2. The van der Waals surface area contributed by atoms with Crippen LogP contribution in [0.1, 0.15) is 24.5 Å². The van der Waals surface area contributed by atoms with E-state index in [1.165, 1.54) is 29.0 Å². The predicted molar refractivity (Wildman–Crippen MR) is 179 cm³/mol. The zero-order chi connectivity index (χ0) is 35.9. The molecule has 6 rings (SSSR count). The first-order valence-corrected chi connectivity index (χ1v) is 17.5. The number of rotatable bonds is 10. The van der Waals surface area contributed by atoms with Crippen molar-refractivity contribution in [1.82, 2.24) is 8.75 Å². The summed E-state index contributed by atoms with van der Waals surface area (Å²) in [7, 11) is 0. The van der Waals surface area contributed by atoms with Crippen molar-refractivity contribution in [2.45, 2.75) is 50.3 Å². The molecule has 262 valence electrons. The molecule has 0 aliphatic carbocycles. The average molecular weight is 757 g/mol. The standard InChI is InChI=1S/C35H25F9N2OS3/c1-2-3-20-4-8-22(9-5-20)26-14-16-28(48-26)24-12-13-25(31-30(24)45-50-46-31)29-17-15-27(49-29)23-10-6-21(7-11-23)18-19-47-32(33(36,37)38,34(39,40)41)35(42,43)44/h4-17H,2-3,18-19H2,1H3. The predicted octanol–water partition coefficient (Wildman–Crippen LogP) is 12.4. The van der Waals surface area contributed by atoms with Crippen LogP contribution in [0.15, 0.2) is 84.9 Å². The minimum Gasteiger partial charge on any atom is -0.351 e. The Hall–Kier alpha value is -3.79. The van der Waals surface area contributed by atoms with Crippen LogP contribution >= 0.6 is 34.4 Å². The molecule has 50 heavy (non-hydrogen) atoms. The molecule has 0 N–H and O–H groups in total. The van der Waals surface area contributed by atoms with E-state index in [1.807, 2.05) is 24.3 Å². The summed E-state index contributed by atoms with van der Waals surface area (Å²) in [4.78, 5) is 3.90. The zero-order valence-electron chi connectivity index (χ0n) is 25.8. The van der Waals surface area contributed by atoms with E-state index in [1.54, 1.807) is 23.5 Å². The van der Waals surface area contributed by atoms with Crippen molar-refractivity contribution < 1.29 is 44.3 Å². The monoisotopic (exact) mass is 756 g/mol. The number of hydrogen-bond donors (Lipinski definition) is 0. The van der Waals surface area contributed by atoms with Gasteiger partial charge in [0.2, 0.25) is 0 Å². The molecule has 0 radical (unpaired) electrons. The number of halogens is 9. The highest BCUT2D eigenvalue weighted by molar-refractivity contribution is 7.19. The Kier molecular flexibility index (Phi) is 9.89. The second kappa shape index (κ2) is 13.7. The second-order valence-corrected chi connectivity index (χ2v) is 14.1. The molecular weight excluding hydrogens is 732 g/mol. The van der Waals surface area contributed by atoms with E-state index in [2.05, 4.69) is 56.8 Å². The molecule has 0 atom stereocenters. The minimum atomic E-state index is -6.76. The summed E-state index contributed by atoms with van der Waals surface area (Å²) in [6, 6.07) is 26.5. The maximum Gasteiger partial charge on any atom is 0.435 e. The Morgan fingerprint density at radius 1 is 0.520 bits per heavy atom. The summed E-state index contributed by atoms with van der Waals surface area (Å²) in [5, 5.41) is 0. The van der Waals surface area contributed by atoms with Crippen molar-refractivity contribution in [3.63, 3.8) is 0 Å². The molecule has 0 fully saturated rings. The van der Waals surface area contributed by atoms with E-state index < -0.39 is 37.2 Å². The van der Waals surface area contributed by atoms with Crippen LogP contribution in [-0.2, 0) is 17.6 Å². The van der Waals surface area contributed by atoms with Gasteiger partial charge in [-0.2, -0.15) is 48.3 Å². The first-order chi connectivity index (χ1) is 23.6. The summed E-state index contributed by atoms with van der Waals surface area (Å²) < 4.78 is 131. The Bertz CT molecular complexity index is 2040. The molecule has 3 nitrogen and oxygen atoms in total. The third-order valence-corrected chi connectivity index (χ3v) is 10.9. The lowest BCUT2D eigenvalue weighted by molar-refractivity contribution is -0.457. The van der Waals surface area contributed by atoms with E-state index >= 15 is 0 Å². The second-order valence-electron chi connectivity index (χ2n) is 11.4. The van der Waals surface area contributed by atoms with Gasteiger partial charge in [-0.25, -0.2) is 0 Å². The van der Waals surface area contributed by atoms with Crippen LogP contribution < -0.4 is 0 Å². The molecule has 0 aliphatic rings. The van der Waals surface area contributed by atoms with Crippen LogP contribution in [0.5, 0.6) is 0 Å². The fourth-order valence-corrected chi connectivity index (χ4v) is 8.20. The van der Waals surface area contributed by atoms with Gasteiger partial charge in [0.1, 0.15) is 11.0 Å². The number of aryl methyl sites for hydroxylation is 1. The quantitative estimate of drug-likeness (QED) is 0.131. The number of alkyl halides is 9. The molecule has 0 aliphatic heterocycles. The van der Waals surface area contributed by atoms with Gasteiger partial charge in [0.15, 0.2) is 0 Å². The van der Waals surface area contributed by atoms with E-state index in [0.717, 1.165) is 71.8 Å². The molecule has 0 spiro atoms. The molecule has 3 heterocycles. The number of thiophene rings is 2. The summed E-state index contributed by atoms with van der Waals surface area (Å²) in [6.45, 7) is 0.688. The van der Waals surface area contributed by atoms with Crippen LogP contribution in [0, 0.1) is 0 Å². The third kappa shape index (κ3) is 6.80. The van der Waals surface area contributed by atoms with E-state index in [-0.39, 0.29) is 5.56 Å². The zero-order valence-corrected chi connectivity index (χ0v) is 28.3. The lowest BCUT2D eigenvalue weighted by atomic mass is 10.0. The van der Waals surface area contributed by atoms with Gasteiger partial charge < -0.3 is 4.74 Å². The lowest BCUT2D eigenvalue weighted by Crippen LogP contribution is -2.67. The normalized spacial score (nSPS) is 13.0. The largest absolute Gasteiger partial charge is 0.435 e. The van der Waals surface area contributed by atoms with E-state index in [9.17, 15) is 39.5 Å². The maximum atomic E-state index is 13.1. The molecule has 0 unspecified atom stereocenters. The smallest absolute Gasteiger partial charge is 0.351 e. The summed E-state index contributed by atoms with van der Waals surface area (Å²) in [5.41, 5.74) is 0.389. The van der Waals surface area contributed by atoms with Crippen LogP contribution in [-0.4, -0.2) is 39.5 Å². The van der Waals surface area contributed by atoms with Crippen molar-refractivity contribution >= 4 is 45.4 Å². The first kappa shape index (κ1) is 36.0. The van der Waals surface area contributed by atoms with E-state index in [4.69, 9.17) is 0 Å². The Morgan fingerprint density at radius 2 is 0.920 bits per heavy atom.